The molecule has 0 saturated heterocycles. The van der Waals surface area contributed by atoms with Gasteiger partial charge in [-0.15, -0.1) is 0 Å². The van der Waals surface area contributed by atoms with E-state index in [1.54, 1.807) is 6.92 Å². The number of carbonyl (C=O) groups excluding carboxylic acids is 2. The molecule has 24 heavy (non-hydrogen) atoms. The molecule has 0 N–H and O–H groups in total. The molecule has 0 heterocycles. The summed E-state index contributed by atoms with van der Waals surface area (Å²) in [5.74, 6) is -0.961. The second-order valence-electron chi connectivity index (χ2n) is 5.74. The minimum atomic E-state index is -0.361. The van der Waals surface area contributed by atoms with E-state index in [4.69, 9.17) is 9.47 Å². The molecule has 1 atom stereocenters. The van der Waals surface area contributed by atoms with Gasteiger partial charge in [-0.2, -0.15) is 0 Å². The molecule has 1 aromatic rings. The van der Waals surface area contributed by atoms with E-state index in [0.717, 1.165) is 23.1 Å². The lowest BCUT2D eigenvalue weighted by atomic mass is 9.78. The maximum absolute atomic E-state index is 12.2. The number of methoxy groups -OCH3 is 1. The van der Waals surface area contributed by atoms with Crippen LogP contribution in [-0.4, -0.2) is 25.7 Å². The van der Waals surface area contributed by atoms with E-state index in [1.165, 1.54) is 7.11 Å². The largest absolute Gasteiger partial charge is 0.466 e. The highest BCUT2D eigenvalue weighted by molar-refractivity contribution is 5.92. The summed E-state index contributed by atoms with van der Waals surface area (Å²) in [4.78, 5) is 24.4. The molecule has 1 aromatic carbocycles. The number of ether oxygens (including phenoxy) is 2. The molecule has 128 valence electrons. The van der Waals surface area contributed by atoms with Gasteiger partial charge in [0.2, 0.25) is 0 Å². The first kappa shape index (κ1) is 18.0. The first-order valence-corrected chi connectivity index (χ1v) is 8.33. The van der Waals surface area contributed by atoms with Crippen LogP contribution in [0, 0.1) is 5.92 Å². The van der Waals surface area contributed by atoms with Gasteiger partial charge in [-0.05, 0) is 42.9 Å². The van der Waals surface area contributed by atoms with Gasteiger partial charge in [0.1, 0.15) is 0 Å². The predicted octanol–water partition coefficient (Wildman–Crippen LogP) is 3.92. The van der Waals surface area contributed by atoms with Gasteiger partial charge >= 0.3 is 11.9 Å². The van der Waals surface area contributed by atoms with E-state index >= 15 is 0 Å². The highest BCUT2D eigenvalue weighted by Gasteiger charge is 2.33. The van der Waals surface area contributed by atoms with Gasteiger partial charge in [0.15, 0.2) is 0 Å². The van der Waals surface area contributed by atoms with E-state index < -0.39 is 0 Å². The Kier molecular flexibility index (Phi) is 6.36. The van der Waals surface area contributed by atoms with Crippen molar-refractivity contribution in [2.45, 2.75) is 33.1 Å². The molecule has 0 bridgehead atoms. The Morgan fingerprint density at radius 1 is 1.17 bits per heavy atom. The molecule has 0 fully saturated rings. The van der Waals surface area contributed by atoms with Gasteiger partial charge < -0.3 is 9.47 Å². The number of rotatable bonds is 5. The van der Waals surface area contributed by atoms with Crippen molar-refractivity contribution in [3.63, 3.8) is 0 Å². The van der Waals surface area contributed by atoms with Gasteiger partial charge in [-0.25, -0.2) is 4.79 Å². The Bertz CT molecular complexity index is 655. The van der Waals surface area contributed by atoms with E-state index in [9.17, 15) is 9.59 Å². The van der Waals surface area contributed by atoms with Crippen LogP contribution in [0.5, 0.6) is 0 Å². The fourth-order valence-electron chi connectivity index (χ4n) is 3.12. The number of carbonyl (C=O) groups is 2. The Hall–Kier alpha value is -2.36. The normalized spacial score (nSPS) is 19.3. The second kappa shape index (κ2) is 8.48. The summed E-state index contributed by atoms with van der Waals surface area (Å²) in [5, 5.41) is 0. The molecule has 0 saturated carbocycles. The maximum atomic E-state index is 12.2. The van der Waals surface area contributed by atoms with E-state index in [0.29, 0.717) is 25.0 Å². The third kappa shape index (κ3) is 4.13. The van der Waals surface area contributed by atoms with Gasteiger partial charge in [-0.1, -0.05) is 43.3 Å². The monoisotopic (exact) mass is 328 g/mol. The van der Waals surface area contributed by atoms with Crippen LogP contribution in [0.1, 0.15) is 38.7 Å². The molecule has 4 nitrogen and oxygen atoms in total. The molecule has 2 rings (SSSR count). The minimum absolute atomic E-state index is 0.256. The van der Waals surface area contributed by atoms with Gasteiger partial charge in [0.05, 0.1) is 19.6 Å². The Morgan fingerprint density at radius 2 is 1.88 bits per heavy atom. The number of esters is 2. The van der Waals surface area contributed by atoms with Gasteiger partial charge in [-0.3, -0.25) is 4.79 Å². The van der Waals surface area contributed by atoms with Crippen LogP contribution < -0.4 is 0 Å². The molecule has 1 unspecified atom stereocenters. The average Bonchev–Trinajstić information content (AvgIpc) is 2.61. The lowest BCUT2D eigenvalue weighted by Gasteiger charge is -2.27. The minimum Gasteiger partial charge on any atom is -0.466 e. The zero-order chi connectivity index (χ0) is 17.5. The van der Waals surface area contributed by atoms with Crippen molar-refractivity contribution in [3.8, 4) is 0 Å². The highest BCUT2D eigenvalue weighted by Crippen LogP contribution is 2.37. The first-order valence-electron chi connectivity index (χ1n) is 8.33. The van der Waals surface area contributed by atoms with E-state index in [1.807, 2.05) is 43.3 Å². The van der Waals surface area contributed by atoms with Crippen LogP contribution >= 0.6 is 0 Å². The summed E-state index contributed by atoms with van der Waals surface area (Å²) in [6.45, 7) is 4.14. The number of benzene rings is 1. The second-order valence-corrected chi connectivity index (χ2v) is 5.74. The van der Waals surface area contributed by atoms with Crippen LogP contribution in [0.25, 0.3) is 6.08 Å². The summed E-state index contributed by atoms with van der Waals surface area (Å²) in [6, 6.07) is 9.90. The number of allylic oxidation sites excluding steroid dienone is 2. The fourth-order valence-corrected chi connectivity index (χ4v) is 3.12. The smallest absolute Gasteiger partial charge is 0.334 e. The lowest BCUT2D eigenvalue weighted by Crippen LogP contribution is -2.26. The van der Waals surface area contributed by atoms with Gasteiger partial charge in [0.25, 0.3) is 0 Å². The van der Waals surface area contributed by atoms with Crippen molar-refractivity contribution in [2.75, 3.05) is 13.7 Å². The van der Waals surface area contributed by atoms with Crippen molar-refractivity contribution in [3.05, 3.63) is 52.6 Å². The summed E-state index contributed by atoms with van der Waals surface area (Å²) in [7, 11) is 1.37. The highest BCUT2D eigenvalue weighted by atomic mass is 16.5. The van der Waals surface area contributed by atoms with Crippen molar-refractivity contribution >= 4 is 18.0 Å². The van der Waals surface area contributed by atoms with Crippen LogP contribution in [0.15, 0.2) is 47.1 Å². The summed E-state index contributed by atoms with van der Waals surface area (Å²) in [6.07, 6.45) is 3.73. The zero-order valence-corrected chi connectivity index (χ0v) is 14.5. The first-order chi connectivity index (χ1) is 11.6. The molecule has 4 heteroatoms. The SMILES string of the molecule is CCOC(=O)C1CC(C(=O)OC)=C(CC)/C(=C\c2ccccc2)C1. The zero-order valence-electron chi connectivity index (χ0n) is 14.5. The molecule has 1 aliphatic rings. The van der Waals surface area contributed by atoms with Crippen molar-refractivity contribution in [1.29, 1.82) is 0 Å². The van der Waals surface area contributed by atoms with Crippen LogP contribution in [0.3, 0.4) is 0 Å². The molecule has 0 spiro atoms. The van der Waals surface area contributed by atoms with Crippen LogP contribution in [0.2, 0.25) is 0 Å². The van der Waals surface area contributed by atoms with Crippen molar-refractivity contribution in [1.82, 2.24) is 0 Å². The summed E-state index contributed by atoms with van der Waals surface area (Å²) < 4.78 is 10.1. The third-order valence-corrected chi connectivity index (χ3v) is 4.21. The summed E-state index contributed by atoms with van der Waals surface area (Å²) >= 11 is 0. The standard InChI is InChI=1S/C20H24O4/c1-4-17-15(11-14-9-7-6-8-10-14)12-16(19(21)24-5-2)13-18(17)20(22)23-3/h6-11,16H,4-5,12-13H2,1-3H3/b15-11-. The lowest BCUT2D eigenvalue weighted by molar-refractivity contribution is -0.148. The predicted molar refractivity (Wildman–Crippen MR) is 93.1 cm³/mol. The van der Waals surface area contributed by atoms with Crippen LogP contribution in [0.4, 0.5) is 0 Å². The molecule has 0 radical (unpaired) electrons. The van der Waals surface area contributed by atoms with Crippen molar-refractivity contribution < 1.29 is 19.1 Å². The summed E-state index contributed by atoms with van der Waals surface area (Å²) in [5.41, 5.74) is 3.62. The Labute approximate surface area is 143 Å². The van der Waals surface area contributed by atoms with E-state index in [-0.39, 0.29) is 17.9 Å². The molecular weight excluding hydrogens is 304 g/mol. The van der Waals surface area contributed by atoms with Gasteiger partial charge in [0, 0.05) is 5.57 Å². The average molecular weight is 328 g/mol. The third-order valence-electron chi connectivity index (χ3n) is 4.21. The topological polar surface area (TPSA) is 52.6 Å². The van der Waals surface area contributed by atoms with Crippen LogP contribution in [-0.2, 0) is 19.1 Å². The number of hydrogen-bond donors (Lipinski definition) is 0. The van der Waals surface area contributed by atoms with E-state index in [2.05, 4.69) is 0 Å². The molecule has 1 aliphatic carbocycles. The quantitative estimate of drug-likeness (QED) is 0.769. The fraction of sp³-hybridized carbons (Fsp3) is 0.400. The molecule has 0 aromatic heterocycles. The molecular formula is C20H24O4. The van der Waals surface area contributed by atoms with Crippen molar-refractivity contribution in [2.24, 2.45) is 5.92 Å². The molecule has 0 amide bonds. The maximum Gasteiger partial charge on any atom is 0.334 e. The Balaban J connectivity index is 2.46. The Morgan fingerprint density at radius 3 is 2.46 bits per heavy atom. The number of hydrogen-bond acceptors (Lipinski definition) is 4. The molecule has 0 aliphatic heterocycles.